The Kier molecular flexibility index (Phi) is 7.87. The van der Waals surface area contributed by atoms with Gasteiger partial charge in [-0.2, -0.15) is 0 Å². The fourth-order valence-corrected chi connectivity index (χ4v) is 2.49. The van der Waals surface area contributed by atoms with Gasteiger partial charge in [-0.25, -0.2) is 0 Å². The first-order valence-corrected chi connectivity index (χ1v) is 9.35. The van der Waals surface area contributed by atoms with E-state index in [4.69, 9.17) is 9.47 Å². The summed E-state index contributed by atoms with van der Waals surface area (Å²) in [6.07, 6.45) is 1.00. The molecule has 0 spiro atoms. The Bertz CT molecular complexity index is 787. The smallest absolute Gasteiger partial charge is 0.262 e. The highest BCUT2D eigenvalue weighted by Gasteiger charge is 2.11. The highest BCUT2D eigenvalue weighted by atomic mass is 16.5. The van der Waals surface area contributed by atoms with Gasteiger partial charge >= 0.3 is 0 Å². The minimum absolute atomic E-state index is 0.0257. The number of ether oxygens (including phenoxy) is 2. The molecule has 6 heteroatoms. The minimum atomic E-state index is -0.240. The van der Waals surface area contributed by atoms with Crippen LogP contribution in [0.15, 0.2) is 48.5 Å². The van der Waals surface area contributed by atoms with Crippen molar-refractivity contribution in [1.29, 1.82) is 0 Å². The molecule has 0 aromatic heterocycles. The number of anilines is 1. The van der Waals surface area contributed by atoms with Gasteiger partial charge in [-0.05, 0) is 48.2 Å². The van der Waals surface area contributed by atoms with Crippen molar-refractivity contribution in [3.63, 3.8) is 0 Å². The maximum Gasteiger partial charge on any atom is 0.262 e. The van der Waals surface area contributed by atoms with Crippen molar-refractivity contribution in [2.24, 2.45) is 0 Å². The molecule has 1 unspecified atom stereocenters. The van der Waals surface area contributed by atoms with Crippen LogP contribution in [0, 0.1) is 0 Å². The highest BCUT2D eigenvalue weighted by Crippen LogP contribution is 2.28. The number of nitrogens with one attached hydrogen (secondary N) is 1. The van der Waals surface area contributed by atoms with E-state index < -0.39 is 0 Å². The number of carbonyl (C=O) groups is 2. The summed E-state index contributed by atoms with van der Waals surface area (Å²) in [6.45, 7) is 4.17. The molecule has 0 saturated carbocycles. The van der Waals surface area contributed by atoms with Gasteiger partial charge in [-0.3, -0.25) is 9.59 Å². The fraction of sp³-hybridized carbons (Fsp3) is 0.364. The van der Waals surface area contributed by atoms with Crippen LogP contribution in [-0.2, 0) is 9.59 Å². The summed E-state index contributed by atoms with van der Waals surface area (Å²) < 4.78 is 11.1. The van der Waals surface area contributed by atoms with E-state index in [9.17, 15) is 9.59 Å². The van der Waals surface area contributed by atoms with Gasteiger partial charge in [0.25, 0.3) is 11.8 Å². The largest absolute Gasteiger partial charge is 0.484 e. The number of para-hydroxylation sites is 1. The van der Waals surface area contributed by atoms with Crippen LogP contribution < -0.4 is 14.8 Å². The topological polar surface area (TPSA) is 67.9 Å². The molecule has 0 heterocycles. The molecule has 150 valence electrons. The van der Waals surface area contributed by atoms with E-state index in [0.29, 0.717) is 17.4 Å². The normalized spacial score (nSPS) is 11.4. The van der Waals surface area contributed by atoms with Crippen LogP contribution >= 0.6 is 0 Å². The van der Waals surface area contributed by atoms with Gasteiger partial charge in [0.05, 0.1) is 0 Å². The van der Waals surface area contributed by atoms with Crippen LogP contribution in [0.2, 0.25) is 0 Å². The summed E-state index contributed by atoms with van der Waals surface area (Å²) in [5.74, 6) is 1.31. The van der Waals surface area contributed by atoms with E-state index >= 15 is 0 Å². The van der Waals surface area contributed by atoms with Crippen LogP contribution in [0.4, 0.5) is 5.69 Å². The zero-order valence-corrected chi connectivity index (χ0v) is 16.9. The van der Waals surface area contributed by atoms with Gasteiger partial charge in [0, 0.05) is 19.8 Å². The van der Waals surface area contributed by atoms with Gasteiger partial charge in [-0.1, -0.05) is 32.0 Å². The number of rotatable bonds is 9. The molecule has 0 saturated heterocycles. The predicted molar refractivity (Wildman–Crippen MR) is 110 cm³/mol. The Balaban J connectivity index is 1.86. The number of hydrogen-bond acceptors (Lipinski definition) is 4. The third kappa shape index (κ3) is 6.30. The molecular formula is C22H28N2O4. The van der Waals surface area contributed by atoms with Crippen LogP contribution in [0.3, 0.4) is 0 Å². The van der Waals surface area contributed by atoms with Gasteiger partial charge < -0.3 is 19.7 Å². The van der Waals surface area contributed by atoms with Crippen LogP contribution in [0.25, 0.3) is 0 Å². The lowest BCUT2D eigenvalue weighted by Crippen LogP contribution is -2.27. The van der Waals surface area contributed by atoms with Crippen molar-refractivity contribution >= 4 is 17.5 Å². The molecule has 0 aliphatic heterocycles. The monoisotopic (exact) mass is 384 g/mol. The zero-order valence-electron chi connectivity index (χ0n) is 16.9. The standard InChI is InChI=1S/C22H28N2O4/c1-5-16(2)19-8-6-7-9-20(19)28-14-21(25)23-17-10-12-18(13-11-17)27-15-22(26)24(3)4/h6-13,16H,5,14-15H2,1-4H3,(H,23,25). The molecule has 0 aliphatic rings. The molecule has 28 heavy (non-hydrogen) atoms. The molecule has 0 fully saturated rings. The summed E-state index contributed by atoms with van der Waals surface area (Å²) in [6, 6.07) is 14.6. The average Bonchev–Trinajstić information content (AvgIpc) is 2.71. The fourth-order valence-electron chi connectivity index (χ4n) is 2.49. The summed E-state index contributed by atoms with van der Waals surface area (Å²) in [4.78, 5) is 25.2. The van der Waals surface area contributed by atoms with E-state index in [0.717, 1.165) is 17.7 Å². The molecule has 2 aromatic carbocycles. The molecule has 0 bridgehead atoms. The maximum atomic E-state index is 12.2. The average molecular weight is 384 g/mol. The lowest BCUT2D eigenvalue weighted by atomic mass is 9.98. The Labute approximate surface area is 166 Å². The molecule has 2 amide bonds. The second kappa shape index (κ2) is 10.3. The molecule has 6 nitrogen and oxygen atoms in total. The Morgan fingerprint density at radius 1 is 1.00 bits per heavy atom. The third-order valence-electron chi connectivity index (χ3n) is 4.42. The number of carbonyl (C=O) groups excluding carboxylic acids is 2. The second-order valence-corrected chi connectivity index (χ2v) is 6.79. The maximum absolute atomic E-state index is 12.2. The van der Waals surface area contributed by atoms with Crippen molar-refractivity contribution in [1.82, 2.24) is 4.90 Å². The second-order valence-electron chi connectivity index (χ2n) is 6.79. The zero-order chi connectivity index (χ0) is 20.5. The van der Waals surface area contributed by atoms with Crippen LogP contribution in [-0.4, -0.2) is 44.0 Å². The van der Waals surface area contributed by atoms with Gasteiger partial charge in [0.15, 0.2) is 13.2 Å². The molecule has 0 radical (unpaired) electrons. The van der Waals surface area contributed by atoms with E-state index in [1.54, 1.807) is 38.4 Å². The highest BCUT2D eigenvalue weighted by molar-refractivity contribution is 5.91. The number of nitrogens with zero attached hydrogens (tertiary/aromatic N) is 1. The van der Waals surface area contributed by atoms with Crippen molar-refractivity contribution < 1.29 is 19.1 Å². The number of amides is 2. The molecule has 1 atom stereocenters. The Morgan fingerprint density at radius 3 is 2.32 bits per heavy atom. The van der Waals surface area contributed by atoms with E-state index in [-0.39, 0.29) is 25.0 Å². The lowest BCUT2D eigenvalue weighted by Gasteiger charge is -2.15. The van der Waals surface area contributed by atoms with Crippen molar-refractivity contribution in [3.05, 3.63) is 54.1 Å². The number of hydrogen-bond donors (Lipinski definition) is 1. The Hall–Kier alpha value is -3.02. The van der Waals surface area contributed by atoms with Crippen LogP contribution in [0.5, 0.6) is 11.5 Å². The van der Waals surface area contributed by atoms with E-state index in [2.05, 4.69) is 19.2 Å². The SMILES string of the molecule is CCC(C)c1ccccc1OCC(=O)Nc1ccc(OCC(=O)N(C)C)cc1. The third-order valence-corrected chi connectivity index (χ3v) is 4.42. The summed E-state index contributed by atoms with van der Waals surface area (Å²) >= 11 is 0. The Morgan fingerprint density at radius 2 is 1.68 bits per heavy atom. The minimum Gasteiger partial charge on any atom is -0.484 e. The predicted octanol–water partition coefficient (Wildman–Crippen LogP) is 3.68. The van der Waals surface area contributed by atoms with Crippen molar-refractivity contribution in [2.75, 3.05) is 32.6 Å². The molecular weight excluding hydrogens is 356 g/mol. The first kappa shape index (κ1) is 21.3. The summed E-state index contributed by atoms with van der Waals surface area (Å²) in [5, 5.41) is 2.79. The summed E-state index contributed by atoms with van der Waals surface area (Å²) in [5.41, 5.74) is 1.74. The van der Waals surface area contributed by atoms with Gasteiger partial charge in [0.2, 0.25) is 0 Å². The van der Waals surface area contributed by atoms with Crippen molar-refractivity contribution in [2.45, 2.75) is 26.2 Å². The van der Waals surface area contributed by atoms with Gasteiger partial charge in [-0.15, -0.1) is 0 Å². The lowest BCUT2D eigenvalue weighted by molar-refractivity contribution is -0.130. The number of benzene rings is 2. The van der Waals surface area contributed by atoms with Crippen molar-refractivity contribution in [3.8, 4) is 11.5 Å². The quantitative estimate of drug-likeness (QED) is 0.716. The first-order valence-electron chi connectivity index (χ1n) is 9.35. The van der Waals surface area contributed by atoms with Crippen LogP contribution in [0.1, 0.15) is 31.7 Å². The first-order chi connectivity index (χ1) is 13.4. The molecule has 2 rings (SSSR count). The molecule has 2 aromatic rings. The molecule has 0 aliphatic carbocycles. The number of likely N-dealkylation sites (N-methyl/N-ethyl adjacent to an activating group) is 1. The van der Waals surface area contributed by atoms with E-state index in [1.807, 2.05) is 24.3 Å². The molecule has 1 N–H and O–H groups in total. The van der Waals surface area contributed by atoms with Gasteiger partial charge in [0.1, 0.15) is 11.5 Å². The van der Waals surface area contributed by atoms with E-state index in [1.165, 1.54) is 4.90 Å². The summed E-state index contributed by atoms with van der Waals surface area (Å²) in [7, 11) is 3.35.